The monoisotopic (exact) mass is 276 g/mol. The minimum absolute atomic E-state index is 0.113. The molecule has 1 heterocycles. The van der Waals surface area contributed by atoms with Crippen LogP contribution in [0.3, 0.4) is 0 Å². The van der Waals surface area contributed by atoms with E-state index in [4.69, 9.17) is 11.6 Å². The summed E-state index contributed by atoms with van der Waals surface area (Å²) in [6, 6.07) is 7.86. The smallest absolute Gasteiger partial charge is 0.0778 e. The Kier molecular flexibility index (Phi) is 3.58. The van der Waals surface area contributed by atoms with Crippen molar-refractivity contribution in [3.63, 3.8) is 0 Å². The third-order valence-electron chi connectivity index (χ3n) is 3.79. The first-order chi connectivity index (χ1) is 9.24. The van der Waals surface area contributed by atoms with Crippen molar-refractivity contribution in [1.29, 1.82) is 0 Å². The first kappa shape index (κ1) is 12.7. The van der Waals surface area contributed by atoms with E-state index in [0.29, 0.717) is 0 Å². The highest BCUT2D eigenvalue weighted by Crippen LogP contribution is 2.30. The molecule has 1 aliphatic carbocycles. The fourth-order valence-electron chi connectivity index (χ4n) is 2.74. The molecule has 0 bridgehead atoms. The normalized spacial score (nSPS) is 23.5. The summed E-state index contributed by atoms with van der Waals surface area (Å²) < 4.78 is 1.90. The standard InChI is InChI=1S/C15H17ClN2O/c16-13-5-3-4-11(8-13)12-9-17-18(10-12)14-6-1-2-7-15(14)19/h3-5,8-10,14-15,19H,1-2,6-7H2. The van der Waals surface area contributed by atoms with Gasteiger partial charge in [-0.15, -0.1) is 0 Å². The maximum absolute atomic E-state index is 10.1. The van der Waals surface area contributed by atoms with Crippen molar-refractivity contribution in [1.82, 2.24) is 9.78 Å². The summed E-state index contributed by atoms with van der Waals surface area (Å²) >= 11 is 6.01. The van der Waals surface area contributed by atoms with Gasteiger partial charge in [0, 0.05) is 16.8 Å². The number of hydrogen-bond donors (Lipinski definition) is 1. The molecular formula is C15H17ClN2O. The van der Waals surface area contributed by atoms with Gasteiger partial charge in [-0.2, -0.15) is 5.10 Å². The van der Waals surface area contributed by atoms with Crippen LogP contribution in [0.2, 0.25) is 5.02 Å². The van der Waals surface area contributed by atoms with Crippen molar-refractivity contribution < 1.29 is 5.11 Å². The second kappa shape index (κ2) is 5.35. The number of halogens is 1. The molecule has 100 valence electrons. The Balaban J connectivity index is 1.86. The predicted octanol–water partition coefficient (Wildman–Crippen LogP) is 3.68. The van der Waals surface area contributed by atoms with E-state index in [-0.39, 0.29) is 12.1 Å². The Morgan fingerprint density at radius 3 is 2.84 bits per heavy atom. The van der Waals surface area contributed by atoms with Crippen LogP contribution in [0.25, 0.3) is 11.1 Å². The van der Waals surface area contributed by atoms with E-state index < -0.39 is 0 Å². The number of aliphatic hydroxyl groups excluding tert-OH is 1. The van der Waals surface area contributed by atoms with Gasteiger partial charge < -0.3 is 5.11 Å². The van der Waals surface area contributed by atoms with E-state index in [0.717, 1.165) is 41.8 Å². The highest BCUT2D eigenvalue weighted by Gasteiger charge is 2.25. The SMILES string of the molecule is OC1CCCCC1n1cc(-c2cccc(Cl)c2)cn1. The van der Waals surface area contributed by atoms with E-state index >= 15 is 0 Å². The van der Waals surface area contributed by atoms with Gasteiger partial charge in [-0.25, -0.2) is 0 Å². The molecule has 1 N–H and O–H groups in total. The molecule has 2 unspecified atom stereocenters. The molecule has 1 aromatic carbocycles. The molecule has 0 radical (unpaired) electrons. The summed E-state index contributed by atoms with van der Waals surface area (Å²) in [4.78, 5) is 0. The zero-order valence-electron chi connectivity index (χ0n) is 10.7. The average Bonchev–Trinajstić information content (AvgIpc) is 2.89. The third-order valence-corrected chi connectivity index (χ3v) is 4.03. The van der Waals surface area contributed by atoms with Crippen molar-refractivity contribution in [2.24, 2.45) is 0 Å². The van der Waals surface area contributed by atoms with Gasteiger partial charge in [-0.3, -0.25) is 4.68 Å². The number of nitrogens with zero attached hydrogens (tertiary/aromatic N) is 2. The van der Waals surface area contributed by atoms with Crippen LogP contribution < -0.4 is 0 Å². The van der Waals surface area contributed by atoms with E-state index in [2.05, 4.69) is 5.10 Å². The molecule has 3 nitrogen and oxygen atoms in total. The third kappa shape index (κ3) is 2.67. The molecule has 0 amide bonds. The van der Waals surface area contributed by atoms with Gasteiger partial charge in [0.2, 0.25) is 0 Å². The largest absolute Gasteiger partial charge is 0.391 e. The molecule has 0 saturated heterocycles. The van der Waals surface area contributed by atoms with Gasteiger partial charge in [0.1, 0.15) is 0 Å². The Morgan fingerprint density at radius 2 is 2.05 bits per heavy atom. The lowest BCUT2D eigenvalue weighted by Gasteiger charge is -2.27. The molecule has 4 heteroatoms. The van der Waals surface area contributed by atoms with Crippen molar-refractivity contribution in [3.05, 3.63) is 41.7 Å². The van der Waals surface area contributed by atoms with Crippen molar-refractivity contribution in [3.8, 4) is 11.1 Å². The predicted molar refractivity (Wildman–Crippen MR) is 76.2 cm³/mol. The minimum atomic E-state index is -0.277. The first-order valence-corrected chi connectivity index (χ1v) is 7.10. The van der Waals surface area contributed by atoms with Crippen molar-refractivity contribution in [2.75, 3.05) is 0 Å². The number of hydrogen-bond acceptors (Lipinski definition) is 2. The molecule has 0 aliphatic heterocycles. The highest BCUT2D eigenvalue weighted by atomic mass is 35.5. The topological polar surface area (TPSA) is 38.0 Å². The summed E-state index contributed by atoms with van der Waals surface area (Å²) in [6.45, 7) is 0. The van der Waals surface area contributed by atoms with Crippen LogP contribution in [0.15, 0.2) is 36.7 Å². The van der Waals surface area contributed by atoms with E-state index in [1.54, 1.807) is 0 Å². The summed E-state index contributed by atoms with van der Waals surface area (Å²) in [5, 5.41) is 15.2. The second-order valence-electron chi connectivity index (χ2n) is 5.14. The number of aliphatic hydroxyl groups is 1. The number of rotatable bonds is 2. The molecule has 2 atom stereocenters. The maximum atomic E-state index is 10.1. The molecule has 1 aliphatic rings. The molecule has 1 fully saturated rings. The van der Waals surface area contributed by atoms with E-state index in [9.17, 15) is 5.11 Å². The van der Waals surface area contributed by atoms with Gasteiger partial charge in [-0.1, -0.05) is 36.6 Å². The minimum Gasteiger partial charge on any atom is -0.391 e. The first-order valence-electron chi connectivity index (χ1n) is 6.72. The van der Waals surface area contributed by atoms with Crippen molar-refractivity contribution in [2.45, 2.75) is 37.8 Å². The molecule has 2 aromatic rings. The summed E-state index contributed by atoms with van der Waals surface area (Å²) in [7, 11) is 0. The maximum Gasteiger partial charge on any atom is 0.0778 e. The van der Waals surface area contributed by atoms with E-state index in [1.165, 1.54) is 0 Å². The van der Waals surface area contributed by atoms with Crippen LogP contribution in [0.4, 0.5) is 0 Å². The highest BCUT2D eigenvalue weighted by molar-refractivity contribution is 6.30. The van der Waals surface area contributed by atoms with Gasteiger partial charge >= 0.3 is 0 Å². The summed E-state index contributed by atoms with van der Waals surface area (Å²) in [6.07, 6.45) is 7.71. The van der Waals surface area contributed by atoms with Crippen LogP contribution in [0.1, 0.15) is 31.7 Å². The molecular weight excluding hydrogens is 260 g/mol. The van der Waals surface area contributed by atoms with Gasteiger partial charge in [0.25, 0.3) is 0 Å². The molecule has 1 saturated carbocycles. The van der Waals surface area contributed by atoms with Crippen LogP contribution in [-0.2, 0) is 0 Å². The molecule has 19 heavy (non-hydrogen) atoms. The Bertz CT molecular complexity index is 567. The lowest BCUT2D eigenvalue weighted by atomic mass is 9.93. The fourth-order valence-corrected chi connectivity index (χ4v) is 2.93. The number of aromatic nitrogens is 2. The fraction of sp³-hybridized carbons (Fsp3) is 0.400. The Labute approximate surface area is 117 Å². The lowest BCUT2D eigenvalue weighted by molar-refractivity contribution is 0.0695. The number of benzene rings is 1. The van der Waals surface area contributed by atoms with Crippen LogP contribution in [0, 0.1) is 0 Å². The average molecular weight is 277 g/mol. The van der Waals surface area contributed by atoms with Gasteiger partial charge in [0.05, 0.1) is 18.3 Å². The van der Waals surface area contributed by atoms with Crippen molar-refractivity contribution >= 4 is 11.6 Å². The lowest BCUT2D eigenvalue weighted by Crippen LogP contribution is -2.27. The molecule has 3 rings (SSSR count). The van der Waals surface area contributed by atoms with Crippen LogP contribution in [0.5, 0.6) is 0 Å². The van der Waals surface area contributed by atoms with Gasteiger partial charge in [-0.05, 0) is 30.5 Å². The summed E-state index contributed by atoms with van der Waals surface area (Å²) in [5.41, 5.74) is 2.10. The van der Waals surface area contributed by atoms with Gasteiger partial charge in [0.15, 0.2) is 0 Å². The zero-order valence-corrected chi connectivity index (χ0v) is 11.4. The van der Waals surface area contributed by atoms with E-state index in [1.807, 2.05) is 41.3 Å². The zero-order chi connectivity index (χ0) is 13.2. The molecule has 1 aromatic heterocycles. The van der Waals surface area contributed by atoms with Crippen LogP contribution >= 0.6 is 11.6 Å². The Hall–Kier alpha value is -1.32. The quantitative estimate of drug-likeness (QED) is 0.909. The van der Waals surface area contributed by atoms with Crippen LogP contribution in [-0.4, -0.2) is 21.0 Å². The Morgan fingerprint density at radius 1 is 1.21 bits per heavy atom. The second-order valence-corrected chi connectivity index (χ2v) is 5.57. The molecule has 0 spiro atoms. The summed E-state index contributed by atoms with van der Waals surface area (Å²) in [5.74, 6) is 0.